The van der Waals surface area contributed by atoms with Gasteiger partial charge in [-0.2, -0.15) is 0 Å². The number of hydrogen-bond donors (Lipinski definition) is 1. The molecule has 1 radical (unpaired) electrons. The van der Waals surface area contributed by atoms with Gasteiger partial charge >= 0.3 is 0 Å². The van der Waals surface area contributed by atoms with Crippen molar-refractivity contribution in [2.75, 3.05) is 26.2 Å². The van der Waals surface area contributed by atoms with Crippen LogP contribution in [0.3, 0.4) is 0 Å². The van der Waals surface area contributed by atoms with Crippen molar-refractivity contribution in [1.29, 1.82) is 0 Å². The molecule has 1 aliphatic heterocycles. The minimum absolute atomic E-state index is 0. The third-order valence-corrected chi connectivity index (χ3v) is 2.42. The Morgan fingerprint density at radius 3 is 2.22 bits per heavy atom. The summed E-state index contributed by atoms with van der Waals surface area (Å²) in [6.07, 6.45) is 0. The Labute approximate surface area is 78.7 Å². The van der Waals surface area contributed by atoms with Crippen LogP contribution in [-0.2, 0) is 20.4 Å². The Hall–Kier alpha value is 1.28. The van der Waals surface area contributed by atoms with Crippen molar-refractivity contribution in [2.24, 2.45) is 0 Å². The fraction of sp³-hybridized carbons (Fsp3) is 1.00. The van der Waals surface area contributed by atoms with Crippen molar-refractivity contribution < 1.29 is 20.4 Å². The first-order chi connectivity index (χ1) is 3.93. The van der Waals surface area contributed by atoms with Gasteiger partial charge in [0, 0.05) is 20.4 Å². The Kier molecular flexibility index (Phi) is 6.88. The number of rotatable bonds is 1. The van der Waals surface area contributed by atoms with Crippen LogP contribution in [0.1, 0.15) is 0 Å². The molecule has 1 fully saturated rings. The molecule has 0 aromatic heterocycles. The van der Waals surface area contributed by atoms with Crippen LogP contribution in [0.5, 0.6) is 0 Å². The van der Waals surface area contributed by atoms with Crippen LogP contribution in [0.25, 0.3) is 5.32 Å². The maximum absolute atomic E-state index is 4.19. The van der Waals surface area contributed by atoms with E-state index in [1.807, 2.05) is 0 Å². The standard InChI is InChI=1S/C4H9N2S2.Re/c7-8-6-3-1-5-2-4-6;/h7H,1-4H2;/q-1;. The molecule has 0 spiro atoms. The van der Waals surface area contributed by atoms with Crippen LogP contribution in [0.2, 0.25) is 0 Å². The number of thiol groups is 1. The summed E-state index contributed by atoms with van der Waals surface area (Å²) in [5, 5.41) is 4.19. The van der Waals surface area contributed by atoms with Crippen molar-refractivity contribution in [3.63, 3.8) is 0 Å². The van der Waals surface area contributed by atoms with Crippen LogP contribution in [0.15, 0.2) is 0 Å². The molecule has 1 heterocycles. The van der Waals surface area contributed by atoms with Gasteiger partial charge in [0.2, 0.25) is 0 Å². The van der Waals surface area contributed by atoms with Crippen LogP contribution < -0.4 is 0 Å². The summed E-state index contributed by atoms with van der Waals surface area (Å²) in [5.74, 6) is 0. The summed E-state index contributed by atoms with van der Waals surface area (Å²) in [7, 11) is 1.51. The van der Waals surface area contributed by atoms with Crippen LogP contribution in [-0.4, -0.2) is 30.5 Å². The molecular formula is C4H9N2ReS2-. The molecule has 0 unspecified atom stereocenters. The molecule has 0 aromatic carbocycles. The zero-order valence-electron chi connectivity index (χ0n) is 4.96. The van der Waals surface area contributed by atoms with Gasteiger partial charge in [-0.25, -0.2) is 4.31 Å². The van der Waals surface area contributed by atoms with Crippen molar-refractivity contribution in [3.05, 3.63) is 5.32 Å². The maximum atomic E-state index is 4.19. The largest absolute Gasteiger partial charge is 0.660 e. The number of piperazine rings is 1. The zero-order chi connectivity index (χ0) is 5.82. The second-order valence-corrected chi connectivity index (χ2v) is 2.85. The van der Waals surface area contributed by atoms with Gasteiger partial charge in [-0.05, 0) is 24.1 Å². The van der Waals surface area contributed by atoms with Gasteiger partial charge in [-0.15, -0.1) is 13.1 Å². The minimum Gasteiger partial charge on any atom is -0.660 e. The molecule has 2 nitrogen and oxygen atoms in total. The Balaban J connectivity index is 0.000000640. The summed E-state index contributed by atoms with van der Waals surface area (Å²) in [5.41, 5.74) is 0. The fourth-order valence-corrected chi connectivity index (χ4v) is 1.49. The Morgan fingerprint density at radius 2 is 1.89 bits per heavy atom. The SMILES string of the molecule is SSN1CC[N-]CC1.[Re]. The molecule has 0 amide bonds. The topological polar surface area (TPSA) is 17.3 Å². The molecule has 1 rings (SSSR count). The molecule has 0 N–H and O–H groups in total. The van der Waals surface area contributed by atoms with E-state index < -0.39 is 0 Å². The third kappa shape index (κ3) is 3.87. The van der Waals surface area contributed by atoms with E-state index in [1.54, 1.807) is 0 Å². The molecule has 0 aromatic rings. The second kappa shape index (κ2) is 6.02. The normalized spacial score (nSPS) is 21.0. The summed E-state index contributed by atoms with van der Waals surface area (Å²) >= 11 is 4.06. The first-order valence-electron chi connectivity index (χ1n) is 2.63. The maximum Gasteiger partial charge on any atom is 0 e. The van der Waals surface area contributed by atoms with E-state index in [0.717, 1.165) is 26.2 Å². The summed E-state index contributed by atoms with van der Waals surface area (Å²) in [4.78, 5) is 0. The van der Waals surface area contributed by atoms with Crippen LogP contribution >= 0.6 is 22.6 Å². The molecular weight excluding hydrogens is 326 g/mol. The molecule has 1 saturated heterocycles. The molecule has 1 aliphatic rings. The minimum atomic E-state index is 0. The second-order valence-electron chi connectivity index (χ2n) is 1.68. The van der Waals surface area contributed by atoms with E-state index in [0.29, 0.717) is 0 Å². The van der Waals surface area contributed by atoms with E-state index in [9.17, 15) is 0 Å². The molecule has 0 aliphatic carbocycles. The van der Waals surface area contributed by atoms with E-state index in [-0.39, 0.29) is 20.4 Å². The Bertz CT molecular complexity index is 67.6. The number of hydrogen-bond acceptors (Lipinski definition) is 3. The smallest absolute Gasteiger partial charge is 0 e. The average Bonchev–Trinajstić information content (AvgIpc) is 1.90. The van der Waals surface area contributed by atoms with E-state index in [4.69, 9.17) is 0 Å². The first kappa shape index (κ1) is 10.3. The van der Waals surface area contributed by atoms with Gasteiger partial charge in [0.15, 0.2) is 0 Å². The molecule has 0 atom stereocenters. The average molecular weight is 335 g/mol. The van der Waals surface area contributed by atoms with Gasteiger partial charge in [-0.1, -0.05) is 11.7 Å². The van der Waals surface area contributed by atoms with Crippen LogP contribution in [0, 0.1) is 0 Å². The summed E-state index contributed by atoms with van der Waals surface area (Å²) in [6.45, 7) is 4.09. The fourth-order valence-electron chi connectivity index (χ4n) is 0.670. The van der Waals surface area contributed by atoms with Gasteiger partial charge in [0.05, 0.1) is 0 Å². The molecule has 9 heavy (non-hydrogen) atoms. The van der Waals surface area contributed by atoms with Crippen molar-refractivity contribution in [3.8, 4) is 0 Å². The first-order valence-corrected chi connectivity index (χ1v) is 4.46. The molecule has 55 valence electrons. The summed E-state index contributed by atoms with van der Waals surface area (Å²) in [6, 6.07) is 0. The number of nitrogens with zero attached hydrogens (tertiary/aromatic N) is 2. The zero-order valence-corrected chi connectivity index (χ0v) is 9.38. The van der Waals surface area contributed by atoms with E-state index >= 15 is 0 Å². The quantitative estimate of drug-likeness (QED) is 0.440. The van der Waals surface area contributed by atoms with Gasteiger partial charge in [-0.3, -0.25) is 0 Å². The van der Waals surface area contributed by atoms with Gasteiger partial charge in [0.25, 0.3) is 0 Å². The van der Waals surface area contributed by atoms with Gasteiger partial charge in [0.1, 0.15) is 0 Å². The molecule has 0 bridgehead atoms. The third-order valence-electron chi connectivity index (χ3n) is 1.13. The van der Waals surface area contributed by atoms with Crippen molar-refractivity contribution in [1.82, 2.24) is 4.31 Å². The van der Waals surface area contributed by atoms with Gasteiger partial charge < -0.3 is 5.32 Å². The molecule has 0 saturated carbocycles. The molecule has 5 heteroatoms. The summed E-state index contributed by atoms with van der Waals surface area (Å²) < 4.78 is 2.20. The van der Waals surface area contributed by atoms with Crippen molar-refractivity contribution >= 4 is 22.6 Å². The monoisotopic (exact) mass is 336 g/mol. The van der Waals surface area contributed by atoms with E-state index in [1.165, 1.54) is 11.0 Å². The van der Waals surface area contributed by atoms with Crippen LogP contribution in [0.4, 0.5) is 0 Å². The predicted molar refractivity (Wildman–Crippen MR) is 41.2 cm³/mol. The van der Waals surface area contributed by atoms with E-state index in [2.05, 4.69) is 21.3 Å². The Morgan fingerprint density at radius 1 is 1.33 bits per heavy atom. The van der Waals surface area contributed by atoms with Crippen molar-refractivity contribution in [2.45, 2.75) is 0 Å². The predicted octanol–water partition coefficient (Wildman–Crippen LogP) is 1.17.